The van der Waals surface area contributed by atoms with E-state index in [1.165, 1.54) is 11.1 Å². The Labute approximate surface area is 188 Å². The van der Waals surface area contributed by atoms with Crippen molar-refractivity contribution in [1.82, 2.24) is 15.2 Å². The van der Waals surface area contributed by atoms with Gasteiger partial charge in [0, 0.05) is 31.9 Å². The number of aliphatic imine (C=N–C) groups is 1. The number of aryl methyl sites for hydroxylation is 1. The molecular weight excluding hydrogens is 479 g/mol. The number of rotatable bonds is 6. The lowest BCUT2D eigenvalue weighted by atomic mass is 9.91. The normalized spacial score (nSPS) is 11.2. The Bertz CT molecular complexity index is 825. The molecule has 3 rings (SSSR count). The van der Waals surface area contributed by atoms with Crippen molar-refractivity contribution in [2.45, 2.75) is 19.4 Å². The second kappa shape index (κ2) is 11.2. The maximum atomic E-state index is 4.55. The van der Waals surface area contributed by atoms with Crippen LogP contribution in [-0.2, 0) is 6.54 Å². The Morgan fingerprint density at radius 2 is 1.64 bits per heavy atom. The highest BCUT2D eigenvalue weighted by molar-refractivity contribution is 14.0. The molecule has 0 aliphatic rings. The molecule has 0 saturated heterocycles. The molecule has 4 nitrogen and oxygen atoms in total. The first kappa shape index (κ1) is 22.4. The Morgan fingerprint density at radius 3 is 2.11 bits per heavy atom. The zero-order valence-corrected chi connectivity index (χ0v) is 19.6. The van der Waals surface area contributed by atoms with E-state index in [2.05, 4.69) is 86.2 Å². The molecule has 0 bridgehead atoms. The fourth-order valence-electron chi connectivity index (χ4n) is 3.18. The van der Waals surface area contributed by atoms with Gasteiger partial charge in [-0.1, -0.05) is 60.7 Å². The minimum absolute atomic E-state index is 0. The Hall–Kier alpha value is -1.93. The minimum atomic E-state index is 0. The lowest BCUT2D eigenvalue weighted by Gasteiger charge is -2.25. The van der Waals surface area contributed by atoms with Gasteiger partial charge >= 0.3 is 0 Å². The number of aromatic nitrogens is 1. The van der Waals surface area contributed by atoms with Crippen LogP contribution in [0.3, 0.4) is 0 Å². The molecule has 0 spiro atoms. The van der Waals surface area contributed by atoms with Crippen molar-refractivity contribution in [2.75, 3.05) is 20.6 Å². The van der Waals surface area contributed by atoms with Gasteiger partial charge in [0.15, 0.2) is 5.96 Å². The molecule has 1 aromatic heterocycles. The summed E-state index contributed by atoms with van der Waals surface area (Å²) in [5.41, 5.74) is 3.67. The average Bonchev–Trinajstić information content (AvgIpc) is 3.11. The predicted molar refractivity (Wildman–Crippen MR) is 130 cm³/mol. The minimum Gasteiger partial charge on any atom is -0.355 e. The van der Waals surface area contributed by atoms with Gasteiger partial charge in [-0.3, -0.25) is 4.99 Å². The number of nitrogens with zero attached hydrogens (tertiary/aromatic N) is 3. The summed E-state index contributed by atoms with van der Waals surface area (Å²) >= 11 is 1.68. The van der Waals surface area contributed by atoms with E-state index >= 15 is 0 Å². The maximum absolute atomic E-state index is 4.55. The zero-order chi connectivity index (χ0) is 19.1. The molecule has 0 aliphatic heterocycles. The fraction of sp³-hybridized carbons (Fsp3) is 0.273. The van der Waals surface area contributed by atoms with Crippen molar-refractivity contribution >= 4 is 41.3 Å². The first-order valence-corrected chi connectivity index (χ1v) is 9.98. The van der Waals surface area contributed by atoms with Crippen LogP contribution in [-0.4, -0.2) is 36.5 Å². The van der Waals surface area contributed by atoms with E-state index in [0.29, 0.717) is 0 Å². The first-order chi connectivity index (χ1) is 13.2. The van der Waals surface area contributed by atoms with Gasteiger partial charge in [0.1, 0.15) is 0 Å². The van der Waals surface area contributed by atoms with Gasteiger partial charge in [-0.15, -0.1) is 35.3 Å². The number of thiazole rings is 1. The monoisotopic (exact) mass is 506 g/mol. The summed E-state index contributed by atoms with van der Waals surface area (Å²) in [4.78, 5) is 11.1. The highest BCUT2D eigenvalue weighted by Crippen LogP contribution is 2.23. The quantitative estimate of drug-likeness (QED) is 0.294. The predicted octanol–water partition coefficient (Wildman–Crippen LogP) is 4.91. The van der Waals surface area contributed by atoms with E-state index in [-0.39, 0.29) is 29.9 Å². The van der Waals surface area contributed by atoms with Crippen LogP contribution < -0.4 is 5.32 Å². The standard InChI is InChI=1S/C22H26N4S.HI/c1-17-25-20(16-27-17)15-26(3)22(23-2)24-14-21(18-10-6-4-7-11-18)19-12-8-5-9-13-19;/h4-13,16,21H,14-15H2,1-3H3,(H,23,24);1H. The van der Waals surface area contributed by atoms with Crippen LogP contribution in [0.2, 0.25) is 0 Å². The molecule has 28 heavy (non-hydrogen) atoms. The van der Waals surface area contributed by atoms with Crippen LogP contribution in [0.4, 0.5) is 0 Å². The molecule has 0 aliphatic carbocycles. The molecule has 0 saturated carbocycles. The number of guanidine groups is 1. The van der Waals surface area contributed by atoms with Gasteiger partial charge in [0.05, 0.1) is 17.2 Å². The molecule has 0 unspecified atom stereocenters. The van der Waals surface area contributed by atoms with Crippen molar-refractivity contribution in [3.63, 3.8) is 0 Å². The lowest BCUT2D eigenvalue weighted by Crippen LogP contribution is -2.40. The number of nitrogens with one attached hydrogen (secondary N) is 1. The van der Waals surface area contributed by atoms with Crippen LogP contribution in [0.1, 0.15) is 27.7 Å². The molecule has 3 aromatic rings. The molecule has 1 N–H and O–H groups in total. The highest BCUT2D eigenvalue weighted by atomic mass is 127. The molecule has 0 radical (unpaired) electrons. The van der Waals surface area contributed by atoms with E-state index in [0.717, 1.165) is 29.8 Å². The average molecular weight is 506 g/mol. The second-order valence-electron chi connectivity index (χ2n) is 6.52. The molecule has 6 heteroatoms. The van der Waals surface area contributed by atoms with E-state index in [9.17, 15) is 0 Å². The summed E-state index contributed by atoms with van der Waals surface area (Å²) < 4.78 is 0. The van der Waals surface area contributed by atoms with Gasteiger partial charge in [-0.2, -0.15) is 0 Å². The van der Waals surface area contributed by atoms with Gasteiger partial charge in [-0.05, 0) is 18.1 Å². The number of benzene rings is 2. The van der Waals surface area contributed by atoms with E-state index in [1.807, 2.05) is 21.0 Å². The Morgan fingerprint density at radius 1 is 1.07 bits per heavy atom. The smallest absolute Gasteiger partial charge is 0.193 e. The summed E-state index contributed by atoms with van der Waals surface area (Å²) in [6, 6.07) is 21.2. The molecule has 148 valence electrons. The van der Waals surface area contributed by atoms with Crippen LogP contribution in [0.15, 0.2) is 71.0 Å². The summed E-state index contributed by atoms with van der Waals surface area (Å²) in [5, 5.41) is 6.74. The van der Waals surface area contributed by atoms with Crippen molar-refractivity contribution in [2.24, 2.45) is 4.99 Å². The summed E-state index contributed by atoms with van der Waals surface area (Å²) in [6.45, 7) is 3.55. The van der Waals surface area contributed by atoms with Crippen molar-refractivity contribution < 1.29 is 0 Å². The molecule has 2 aromatic carbocycles. The number of hydrogen-bond acceptors (Lipinski definition) is 3. The largest absolute Gasteiger partial charge is 0.355 e. The third-order valence-electron chi connectivity index (χ3n) is 4.51. The van der Waals surface area contributed by atoms with Gasteiger partial charge in [-0.25, -0.2) is 4.98 Å². The van der Waals surface area contributed by atoms with Crippen LogP contribution >= 0.6 is 35.3 Å². The van der Waals surface area contributed by atoms with Crippen molar-refractivity contribution in [1.29, 1.82) is 0 Å². The van der Waals surface area contributed by atoms with Crippen LogP contribution in [0, 0.1) is 6.92 Å². The SMILES string of the molecule is CN=C(NCC(c1ccccc1)c1ccccc1)N(C)Cc1csc(C)n1.I. The van der Waals surface area contributed by atoms with E-state index < -0.39 is 0 Å². The number of halogens is 1. The highest BCUT2D eigenvalue weighted by Gasteiger charge is 2.16. The van der Waals surface area contributed by atoms with Gasteiger partial charge < -0.3 is 10.2 Å². The zero-order valence-electron chi connectivity index (χ0n) is 16.5. The third-order valence-corrected chi connectivity index (χ3v) is 5.33. The fourth-order valence-corrected chi connectivity index (χ4v) is 3.78. The summed E-state index contributed by atoms with van der Waals surface area (Å²) in [7, 11) is 3.87. The summed E-state index contributed by atoms with van der Waals surface area (Å²) in [6.07, 6.45) is 0. The van der Waals surface area contributed by atoms with Gasteiger partial charge in [0.25, 0.3) is 0 Å². The van der Waals surface area contributed by atoms with Crippen molar-refractivity contribution in [3.8, 4) is 0 Å². The van der Waals surface area contributed by atoms with Gasteiger partial charge in [0.2, 0.25) is 0 Å². The molecule has 0 fully saturated rings. The van der Waals surface area contributed by atoms with Crippen LogP contribution in [0.25, 0.3) is 0 Å². The van der Waals surface area contributed by atoms with E-state index in [1.54, 1.807) is 11.3 Å². The number of hydrogen-bond donors (Lipinski definition) is 1. The summed E-state index contributed by atoms with van der Waals surface area (Å²) in [5.74, 6) is 1.14. The van der Waals surface area contributed by atoms with Crippen LogP contribution in [0.5, 0.6) is 0 Å². The topological polar surface area (TPSA) is 40.5 Å². The molecular formula is C22H27IN4S. The Kier molecular flexibility index (Phi) is 8.92. The Balaban J connectivity index is 0.00000280. The van der Waals surface area contributed by atoms with E-state index in [4.69, 9.17) is 0 Å². The maximum Gasteiger partial charge on any atom is 0.193 e. The first-order valence-electron chi connectivity index (χ1n) is 9.10. The van der Waals surface area contributed by atoms with Crippen molar-refractivity contribution in [3.05, 3.63) is 87.9 Å². The molecule has 1 heterocycles. The third kappa shape index (κ3) is 6.04. The molecule has 0 atom stereocenters. The lowest BCUT2D eigenvalue weighted by molar-refractivity contribution is 0.469. The second-order valence-corrected chi connectivity index (χ2v) is 7.58. The molecule has 0 amide bonds.